The lowest BCUT2D eigenvalue weighted by Crippen LogP contribution is -2.14. The second-order valence-electron chi connectivity index (χ2n) is 3.56. The van der Waals surface area contributed by atoms with Crippen LogP contribution in [0.15, 0.2) is 0 Å². The van der Waals surface area contributed by atoms with E-state index in [4.69, 9.17) is 9.47 Å². The van der Waals surface area contributed by atoms with Crippen molar-refractivity contribution in [2.24, 2.45) is 0 Å². The maximum Gasteiger partial charge on any atom is 0.154 e. The topological polar surface area (TPSA) is 18.5 Å². The van der Waals surface area contributed by atoms with Crippen LogP contribution in [0.5, 0.6) is 0 Å². The molecule has 1 rings (SSSR count). The summed E-state index contributed by atoms with van der Waals surface area (Å²) < 4.78 is 11.6. The number of hydrogen-bond acceptors (Lipinski definition) is 4. The fourth-order valence-electron chi connectivity index (χ4n) is 1.49. The molecule has 1 aliphatic heterocycles. The summed E-state index contributed by atoms with van der Waals surface area (Å²) in [5.41, 5.74) is 0. The third kappa shape index (κ3) is 6.72. The summed E-state index contributed by atoms with van der Waals surface area (Å²) in [6.45, 7) is 5.52. The van der Waals surface area contributed by atoms with Crippen molar-refractivity contribution in [3.05, 3.63) is 0 Å². The Morgan fingerprint density at radius 1 is 1.27 bits per heavy atom. The van der Waals surface area contributed by atoms with E-state index >= 15 is 0 Å². The van der Waals surface area contributed by atoms with Crippen LogP contribution in [-0.4, -0.2) is 35.6 Å². The molecule has 0 aromatic rings. The van der Waals surface area contributed by atoms with Crippen molar-refractivity contribution in [2.45, 2.75) is 44.0 Å². The van der Waals surface area contributed by atoms with Crippen LogP contribution >= 0.6 is 23.5 Å². The van der Waals surface area contributed by atoms with Crippen LogP contribution < -0.4 is 0 Å². The van der Waals surface area contributed by atoms with Crippen LogP contribution in [0.3, 0.4) is 0 Å². The van der Waals surface area contributed by atoms with Crippen LogP contribution in [0.2, 0.25) is 0 Å². The molecule has 0 aromatic heterocycles. The van der Waals surface area contributed by atoms with Crippen molar-refractivity contribution in [1.29, 1.82) is 0 Å². The molecule has 0 amide bonds. The normalized spacial score (nSPS) is 20.4. The monoisotopic (exact) mass is 250 g/mol. The van der Waals surface area contributed by atoms with Gasteiger partial charge in [0.2, 0.25) is 0 Å². The number of ether oxygens (including phenoxy) is 2. The SMILES string of the molecule is CCOC(C)OCCCC1SCCCS1. The van der Waals surface area contributed by atoms with Gasteiger partial charge in [0.05, 0.1) is 4.58 Å². The van der Waals surface area contributed by atoms with Crippen molar-refractivity contribution >= 4 is 23.5 Å². The van der Waals surface area contributed by atoms with Crippen molar-refractivity contribution in [1.82, 2.24) is 0 Å². The Morgan fingerprint density at radius 2 is 2.00 bits per heavy atom. The van der Waals surface area contributed by atoms with E-state index in [-0.39, 0.29) is 6.29 Å². The molecule has 4 heteroatoms. The van der Waals surface area contributed by atoms with Gasteiger partial charge in [-0.3, -0.25) is 0 Å². The molecule has 90 valence electrons. The van der Waals surface area contributed by atoms with Gasteiger partial charge >= 0.3 is 0 Å². The quantitative estimate of drug-likeness (QED) is 0.509. The van der Waals surface area contributed by atoms with Gasteiger partial charge in [-0.1, -0.05) is 0 Å². The van der Waals surface area contributed by atoms with Crippen LogP contribution in [-0.2, 0) is 9.47 Å². The van der Waals surface area contributed by atoms with E-state index in [1.165, 1.54) is 24.3 Å². The van der Waals surface area contributed by atoms with Crippen molar-refractivity contribution in [2.75, 3.05) is 24.7 Å². The molecule has 1 unspecified atom stereocenters. The van der Waals surface area contributed by atoms with E-state index in [1.807, 2.05) is 13.8 Å². The zero-order valence-corrected chi connectivity index (χ0v) is 11.4. The van der Waals surface area contributed by atoms with Gasteiger partial charge in [0.1, 0.15) is 0 Å². The van der Waals surface area contributed by atoms with E-state index < -0.39 is 0 Å². The molecule has 1 heterocycles. The summed E-state index contributed by atoms with van der Waals surface area (Å²) in [4.78, 5) is 0. The average Bonchev–Trinajstić information content (AvgIpc) is 2.26. The summed E-state index contributed by atoms with van der Waals surface area (Å²) in [5, 5.41) is 0. The Labute approximate surface area is 102 Å². The van der Waals surface area contributed by atoms with Gasteiger partial charge in [0, 0.05) is 13.2 Å². The van der Waals surface area contributed by atoms with Crippen molar-refractivity contribution in [3.8, 4) is 0 Å². The first-order chi connectivity index (χ1) is 7.33. The van der Waals surface area contributed by atoms with E-state index in [2.05, 4.69) is 23.5 Å². The molecule has 0 aliphatic carbocycles. The van der Waals surface area contributed by atoms with E-state index in [1.54, 1.807) is 0 Å². The molecule has 1 saturated heterocycles. The predicted molar refractivity (Wildman–Crippen MR) is 69.6 cm³/mol. The minimum atomic E-state index is -0.0401. The zero-order valence-electron chi connectivity index (χ0n) is 9.74. The molecule has 0 N–H and O–H groups in total. The van der Waals surface area contributed by atoms with Gasteiger partial charge in [-0.05, 0) is 44.6 Å². The summed E-state index contributed by atoms with van der Waals surface area (Å²) in [6, 6.07) is 0. The summed E-state index contributed by atoms with van der Waals surface area (Å²) in [7, 11) is 0. The third-order valence-corrected chi connectivity index (χ3v) is 5.31. The minimum absolute atomic E-state index is 0.0401. The summed E-state index contributed by atoms with van der Waals surface area (Å²) in [6.07, 6.45) is 3.77. The first kappa shape index (κ1) is 13.7. The van der Waals surface area contributed by atoms with Gasteiger partial charge in [-0.25, -0.2) is 0 Å². The first-order valence-corrected chi connectivity index (χ1v) is 7.89. The smallest absolute Gasteiger partial charge is 0.154 e. The lowest BCUT2D eigenvalue weighted by molar-refractivity contribution is -0.127. The average molecular weight is 250 g/mol. The van der Waals surface area contributed by atoms with Gasteiger partial charge < -0.3 is 9.47 Å². The highest BCUT2D eigenvalue weighted by Crippen LogP contribution is 2.33. The van der Waals surface area contributed by atoms with Crippen LogP contribution in [0, 0.1) is 0 Å². The first-order valence-electron chi connectivity index (χ1n) is 5.79. The third-order valence-electron chi connectivity index (χ3n) is 2.23. The number of rotatable bonds is 7. The van der Waals surface area contributed by atoms with Gasteiger partial charge in [0.15, 0.2) is 6.29 Å². The van der Waals surface area contributed by atoms with Crippen molar-refractivity contribution < 1.29 is 9.47 Å². The molecule has 2 nitrogen and oxygen atoms in total. The van der Waals surface area contributed by atoms with Crippen molar-refractivity contribution in [3.63, 3.8) is 0 Å². The predicted octanol–water partition coefficient (Wildman–Crippen LogP) is 3.36. The lowest BCUT2D eigenvalue weighted by atomic mass is 10.3. The molecular weight excluding hydrogens is 228 g/mol. The summed E-state index contributed by atoms with van der Waals surface area (Å²) >= 11 is 4.22. The second kappa shape index (κ2) is 8.74. The molecule has 1 fully saturated rings. The highest BCUT2D eigenvalue weighted by atomic mass is 32.2. The minimum Gasteiger partial charge on any atom is -0.353 e. The Balaban J connectivity index is 1.91. The lowest BCUT2D eigenvalue weighted by Gasteiger charge is -2.21. The summed E-state index contributed by atoms with van der Waals surface area (Å²) in [5.74, 6) is 2.68. The zero-order chi connectivity index (χ0) is 10.9. The Kier molecular flexibility index (Phi) is 7.97. The standard InChI is InChI=1S/C11H22O2S2/c1-3-12-10(2)13-7-4-6-11-14-8-5-9-15-11/h10-11H,3-9H2,1-2H3. The van der Waals surface area contributed by atoms with E-state index in [0.29, 0.717) is 0 Å². The largest absolute Gasteiger partial charge is 0.353 e. The molecule has 0 aromatic carbocycles. The molecule has 0 radical (unpaired) electrons. The Bertz CT molecular complexity index is 150. The highest BCUT2D eigenvalue weighted by Gasteiger charge is 2.13. The van der Waals surface area contributed by atoms with Gasteiger partial charge in [0.25, 0.3) is 0 Å². The number of thioether (sulfide) groups is 2. The van der Waals surface area contributed by atoms with E-state index in [9.17, 15) is 0 Å². The van der Waals surface area contributed by atoms with Crippen LogP contribution in [0.1, 0.15) is 33.1 Å². The highest BCUT2D eigenvalue weighted by molar-refractivity contribution is 8.17. The Hall–Kier alpha value is 0.620. The van der Waals surface area contributed by atoms with E-state index in [0.717, 1.165) is 24.2 Å². The Morgan fingerprint density at radius 3 is 2.67 bits per heavy atom. The molecular formula is C11H22O2S2. The fraction of sp³-hybridized carbons (Fsp3) is 1.00. The molecule has 0 spiro atoms. The van der Waals surface area contributed by atoms with Gasteiger partial charge in [-0.15, -0.1) is 23.5 Å². The maximum absolute atomic E-state index is 5.53. The molecule has 1 aliphatic rings. The molecule has 15 heavy (non-hydrogen) atoms. The number of hydrogen-bond donors (Lipinski definition) is 0. The van der Waals surface area contributed by atoms with Gasteiger partial charge in [-0.2, -0.15) is 0 Å². The maximum atomic E-state index is 5.53. The second-order valence-corrected chi connectivity index (χ2v) is 6.48. The van der Waals surface area contributed by atoms with Crippen LogP contribution in [0.4, 0.5) is 0 Å². The molecule has 0 saturated carbocycles. The molecule has 1 atom stereocenters. The fourth-order valence-corrected chi connectivity index (χ4v) is 4.44. The molecule has 0 bridgehead atoms. The van der Waals surface area contributed by atoms with Crippen LogP contribution in [0.25, 0.3) is 0 Å².